The number of phenolic OH excluding ortho intramolecular Hbond substituents is 1. The van der Waals surface area contributed by atoms with Gasteiger partial charge in [0.2, 0.25) is 0 Å². The normalized spacial score (nSPS) is 12.4. The molecule has 0 spiro atoms. The predicted molar refractivity (Wildman–Crippen MR) is 49.1 cm³/mol. The van der Waals surface area contributed by atoms with Crippen LogP contribution in [0.15, 0.2) is 18.2 Å². The van der Waals surface area contributed by atoms with Crippen molar-refractivity contribution in [1.29, 1.82) is 0 Å². The van der Waals surface area contributed by atoms with Crippen molar-refractivity contribution in [3.05, 3.63) is 29.3 Å². The van der Waals surface area contributed by atoms with E-state index in [0.717, 1.165) is 0 Å². The maximum absolute atomic E-state index is 10.6. The Balaban J connectivity index is 3.14. The van der Waals surface area contributed by atoms with Crippen LogP contribution < -0.4 is 5.73 Å². The number of hydrogen-bond acceptors (Lipinski definition) is 4. The summed E-state index contributed by atoms with van der Waals surface area (Å²) in [7, 11) is 0. The lowest BCUT2D eigenvalue weighted by molar-refractivity contribution is 0.0696. The Hall–Kier alpha value is -1.59. The fraction of sp³-hybridized carbons (Fsp3) is 0.222. The molecule has 0 bridgehead atoms. The molecule has 76 valence electrons. The fourth-order valence-corrected chi connectivity index (χ4v) is 1.08. The zero-order chi connectivity index (χ0) is 10.7. The van der Waals surface area contributed by atoms with Gasteiger partial charge in [0.05, 0.1) is 18.2 Å². The number of phenols is 1. The number of benzene rings is 1. The second-order valence-electron chi connectivity index (χ2n) is 2.87. The molecule has 0 radical (unpaired) electrons. The van der Waals surface area contributed by atoms with Crippen molar-refractivity contribution in [2.45, 2.75) is 6.04 Å². The minimum atomic E-state index is -1.10. The predicted octanol–water partition coefficient (Wildman–Crippen LogP) is 0.0825. The van der Waals surface area contributed by atoms with Crippen molar-refractivity contribution >= 4 is 5.97 Å². The van der Waals surface area contributed by atoms with E-state index in [0.29, 0.717) is 0 Å². The van der Waals surface area contributed by atoms with Gasteiger partial charge < -0.3 is 21.1 Å². The minimum absolute atomic E-state index is 0.0294. The SMILES string of the molecule is N[C@H](CO)c1cc(C(=O)O)ccc1O. The Morgan fingerprint density at radius 2 is 2.14 bits per heavy atom. The van der Waals surface area contributed by atoms with Crippen molar-refractivity contribution in [2.24, 2.45) is 5.73 Å². The molecule has 0 saturated carbocycles. The minimum Gasteiger partial charge on any atom is -0.508 e. The van der Waals surface area contributed by atoms with Crippen molar-refractivity contribution in [3.8, 4) is 5.75 Å². The average Bonchev–Trinajstić information content (AvgIpc) is 2.17. The molecule has 0 saturated heterocycles. The molecule has 0 unspecified atom stereocenters. The summed E-state index contributed by atoms with van der Waals surface area (Å²) in [4.78, 5) is 10.6. The Labute approximate surface area is 80.4 Å². The monoisotopic (exact) mass is 197 g/mol. The van der Waals surface area contributed by atoms with Crippen LogP contribution in [0.2, 0.25) is 0 Å². The highest BCUT2D eigenvalue weighted by molar-refractivity contribution is 5.88. The summed E-state index contributed by atoms with van der Waals surface area (Å²) in [6.07, 6.45) is 0. The molecule has 5 nitrogen and oxygen atoms in total. The molecule has 0 aliphatic rings. The van der Waals surface area contributed by atoms with Gasteiger partial charge in [-0.2, -0.15) is 0 Å². The van der Waals surface area contributed by atoms with E-state index < -0.39 is 12.0 Å². The van der Waals surface area contributed by atoms with Crippen LogP contribution in [-0.4, -0.2) is 27.9 Å². The van der Waals surface area contributed by atoms with Crippen molar-refractivity contribution < 1.29 is 20.1 Å². The fourth-order valence-electron chi connectivity index (χ4n) is 1.08. The van der Waals surface area contributed by atoms with Crippen molar-refractivity contribution in [3.63, 3.8) is 0 Å². The van der Waals surface area contributed by atoms with E-state index in [2.05, 4.69) is 0 Å². The summed E-state index contributed by atoms with van der Waals surface area (Å²) in [6, 6.07) is 2.99. The summed E-state index contributed by atoms with van der Waals surface area (Å²) in [6.45, 7) is -0.351. The number of rotatable bonds is 3. The Bertz CT molecular complexity index is 351. The third-order valence-corrected chi connectivity index (χ3v) is 1.87. The first kappa shape index (κ1) is 10.5. The second kappa shape index (κ2) is 4.08. The van der Waals surface area contributed by atoms with E-state index in [-0.39, 0.29) is 23.5 Å². The van der Waals surface area contributed by atoms with Crippen LogP contribution in [0.4, 0.5) is 0 Å². The molecule has 1 atom stereocenters. The van der Waals surface area contributed by atoms with Gasteiger partial charge in [0, 0.05) is 5.56 Å². The van der Waals surface area contributed by atoms with Gasteiger partial charge in [-0.1, -0.05) is 0 Å². The summed E-state index contributed by atoms with van der Waals surface area (Å²) < 4.78 is 0. The van der Waals surface area contributed by atoms with Gasteiger partial charge in [-0.05, 0) is 18.2 Å². The molecule has 0 amide bonds. The summed E-state index contributed by atoms with van der Waals surface area (Å²) in [5.74, 6) is -1.21. The van der Waals surface area contributed by atoms with Crippen LogP contribution in [-0.2, 0) is 0 Å². The zero-order valence-corrected chi connectivity index (χ0v) is 7.34. The van der Waals surface area contributed by atoms with Crippen LogP contribution in [0.3, 0.4) is 0 Å². The molecule has 0 aliphatic heterocycles. The Morgan fingerprint density at radius 3 is 2.64 bits per heavy atom. The van der Waals surface area contributed by atoms with Crippen LogP contribution in [0.1, 0.15) is 22.0 Å². The second-order valence-corrected chi connectivity index (χ2v) is 2.87. The topological polar surface area (TPSA) is 104 Å². The zero-order valence-electron chi connectivity index (χ0n) is 7.34. The number of aliphatic hydroxyl groups is 1. The molecule has 0 fully saturated rings. The van der Waals surface area contributed by atoms with E-state index in [1.165, 1.54) is 18.2 Å². The number of nitrogens with two attached hydrogens (primary N) is 1. The number of carbonyl (C=O) groups is 1. The Morgan fingerprint density at radius 1 is 1.50 bits per heavy atom. The molecule has 1 aromatic rings. The standard InChI is InChI=1S/C9H11NO4/c10-7(4-11)6-3-5(9(13)14)1-2-8(6)12/h1-3,7,11-12H,4,10H2,(H,13,14)/t7-/m1/s1. The molecule has 1 aromatic carbocycles. The third-order valence-electron chi connectivity index (χ3n) is 1.87. The van der Waals surface area contributed by atoms with E-state index >= 15 is 0 Å². The largest absolute Gasteiger partial charge is 0.508 e. The number of aliphatic hydroxyl groups excluding tert-OH is 1. The van der Waals surface area contributed by atoms with Crippen molar-refractivity contribution in [2.75, 3.05) is 6.61 Å². The Kier molecular flexibility index (Phi) is 3.06. The van der Waals surface area contributed by atoms with Gasteiger partial charge in [-0.25, -0.2) is 4.79 Å². The van der Waals surface area contributed by atoms with Crippen molar-refractivity contribution in [1.82, 2.24) is 0 Å². The lowest BCUT2D eigenvalue weighted by Crippen LogP contribution is -2.15. The molecular formula is C9H11NO4. The molecule has 0 aromatic heterocycles. The van der Waals surface area contributed by atoms with Gasteiger partial charge in [-0.3, -0.25) is 0 Å². The number of hydrogen-bond donors (Lipinski definition) is 4. The third kappa shape index (κ3) is 2.01. The lowest BCUT2D eigenvalue weighted by Gasteiger charge is -2.10. The van der Waals surface area contributed by atoms with E-state index in [1.807, 2.05) is 0 Å². The van der Waals surface area contributed by atoms with E-state index in [1.54, 1.807) is 0 Å². The molecule has 5 N–H and O–H groups in total. The number of aromatic carboxylic acids is 1. The van der Waals surface area contributed by atoms with Gasteiger partial charge in [0.15, 0.2) is 0 Å². The van der Waals surface area contributed by atoms with Crippen LogP contribution >= 0.6 is 0 Å². The highest BCUT2D eigenvalue weighted by atomic mass is 16.4. The van der Waals surface area contributed by atoms with Gasteiger partial charge >= 0.3 is 5.97 Å². The number of carboxylic acid groups (broad SMARTS) is 1. The van der Waals surface area contributed by atoms with Crippen LogP contribution in [0.25, 0.3) is 0 Å². The van der Waals surface area contributed by atoms with E-state index in [4.69, 9.17) is 15.9 Å². The van der Waals surface area contributed by atoms with Crippen LogP contribution in [0, 0.1) is 0 Å². The lowest BCUT2D eigenvalue weighted by atomic mass is 10.0. The van der Waals surface area contributed by atoms with Gasteiger partial charge in [0.25, 0.3) is 0 Å². The first-order valence-electron chi connectivity index (χ1n) is 3.99. The first-order chi connectivity index (χ1) is 6.56. The maximum atomic E-state index is 10.6. The molecule has 1 rings (SSSR count). The highest BCUT2D eigenvalue weighted by Crippen LogP contribution is 2.23. The molecule has 0 aliphatic carbocycles. The van der Waals surface area contributed by atoms with Crippen LogP contribution in [0.5, 0.6) is 5.75 Å². The molecule has 0 heterocycles. The first-order valence-corrected chi connectivity index (χ1v) is 3.99. The molecule has 14 heavy (non-hydrogen) atoms. The summed E-state index contributed by atoms with van der Waals surface area (Å²) >= 11 is 0. The van der Waals surface area contributed by atoms with Gasteiger partial charge in [0.1, 0.15) is 5.75 Å². The number of carboxylic acids is 1. The van der Waals surface area contributed by atoms with Gasteiger partial charge in [-0.15, -0.1) is 0 Å². The smallest absolute Gasteiger partial charge is 0.335 e. The quantitative estimate of drug-likeness (QED) is 0.549. The molecule has 5 heteroatoms. The summed E-state index contributed by atoms with van der Waals surface area (Å²) in [5.41, 5.74) is 5.72. The summed E-state index contributed by atoms with van der Waals surface area (Å²) in [5, 5.41) is 26.8. The maximum Gasteiger partial charge on any atom is 0.335 e. The highest BCUT2D eigenvalue weighted by Gasteiger charge is 2.12. The number of aromatic hydroxyl groups is 1. The average molecular weight is 197 g/mol. The molecular weight excluding hydrogens is 186 g/mol. The van der Waals surface area contributed by atoms with E-state index in [9.17, 15) is 9.90 Å².